The number of nitrogens with zero attached hydrogens (tertiary/aromatic N) is 3. The van der Waals surface area contributed by atoms with Gasteiger partial charge in [0.05, 0.1) is 29.5 Å². The Balaban J connectivity index is 1.78. The van der Waals surface area contributed by atoms with Crippen molar-refractivity contribution in [1.82, 2.24) is 15.1 Å². The highest BCUT2D eigenvalue weighted by Crippen LogP contribution is 2.50. The third-order valence-corrected chi connectivity index (χ3v) is 8.08. The SMILES string of the molecule is COc1ccccc1C1SCC(=O)N(CC(=O)NCC(C)C)c2c1c(-c1ccccc1)nn2-c1ccc(C)cc1. The predicted octanol–water partition coefficient (Wildman–Crippen LogP) is 5.80. The fourth-order valence-electron chi connectivity index (χ4n) is 4.84. The third kappa shape index (κ3) is 5.63. The summed E-state index contributed by atoms with van der Waals surface area (Å²) >= 11 is 1.53. The van der Waals surface area contributed by atoms with Gasteiger partial charge >= 0.3 is 0 Å². The average molecular weight is 555 g/mol. The molecule has 1 aliphatic rings. The van der Waals surface area contributed by atoms with E-state index in [1.54, 1.807) is 12.0 Å². The van der Waals surface area contributed by atoms with Crippen LogP contribution in [0.4, 0.5) is 5.82 Å². The van der Waals surface area contributed by atoms with Crippen molar-refractivity contribution in [2.45, 2.75) is 26.0 Å². The van der Waals surface area contributed by atoms with Gasteiger partial charge in [0.25, 0.3) is 0 Å². The molecule has 0 saturated heterocycles. The minimum absolute atomic E-state index is 0.0937. The number of amides is 2. The maximum atomic E-state index is 13.8. The van der Waals surface area contributed by atoms with E-state index in [0.29, 0.717) is 18.3 Å². The van der Waals surface area contributed by atoms with Crippen LogP contribution in [0.25, 0.3) is 16.9 Å². The van der Waals surface area contributed by atoms with Gasteiger partial charge in [-0.2, -0.15) is 5.10 Å². The van der Waals surface area contributed by atoms with E-state index in [2.05, 4.69) is 5.32 Å². The van der Waals surface area contributed by atoms with Gasteiger partial charge in [-0.05, 0) is 31.0 Å². The number of aromatic nitrogens is 2. The highest BCUT2D eigenvalue weighted by molar-refractivity contribution is 8.00. The summed E-state index contributed by atoms with van der Waals surface area (Å²) in [6.45, 7) is 6.57. The largest absolute Gasteiger partial charge is 0.496 e. The van der Waals surface area contributed by atoms with Gasteiger partial charge < -0.3 is 10.1 Å². The summed E-state index contributed by atoms with van der Waals surface area (Å²) in [5.41, 5.74) is 5.47. The van der Waals surface area contributed by atoms with Gasteiger partial charge in [-0.3, -0.25) is 14.5 Å². The number of thioether (sulfide) groups is 1. The summed E-state index contributed by atoms with van der Waals surface area (Å²) in [5.74, 6) is 1.50. The van der Waals surface area contributed by atoms with Gasteiger partial charge in [-0.15, -0.1) is 11.8 Å². The molecular formula is C32H34N4O3S. The molecule has 1 atom stereocenters. The lowest BCUT2D eigenvalue weighted by Crippen LogP contribution is -2.43. The Kier molecular flexibility index (Phi) is 8.26. The van der Waals surface area contributed by atoms with Crippen LogP contribution in [-0.4, -0.2) is 47.5 Å². The summed E-state index contributed by atoms with van der Waals surface area (Å²) in [7, 11) is 1.66. The molecule has 0 fully saturated rings. The quantitative estimate of drug-likeness (QED) is 0.298. The first kappa shape index (κ1) is 27.5. The Morgan fingerprint density at radius 1 is 1.05 bits per heavy atom. The second-order valence-electron chi connectivity index (χ2n) is 10.3. The molecule has 3 aromatic carbocycles. The molecule has 206 valence electrons. The number of methoxy groups -OCH3 is 1. The van der Waals surface area contributed by atoms with Gasteiger partial charge in [-0.25, -0.2) is 4.68 Å². The highest BCUT2D eigenvalue weighted by Gasteiger charge is 2.38. The van der Waals surface area contributed by atoms with Crippen LogP contribution in [0.15, 0.2) is 78.9 Å². The molecule has 0 saturated carbocycles. The lowest BCUT2D eigenvalue weighted by atomic mass is 9.99. The molecule has 5 rings (SSSR count). The molecule has 1 N–H and O–H groups in total. The van der Waals surface area contributed by atoms with Crippen molar-refractivity contribution in [3.63, 3.8) is 0 Å². The Morgan fingerprint density at radius 2 is 1.75 bits per heavy atom. The topological polar surface area (TPSA) is 76.5 Å². The maximum Gasteiger partial charge on any atom is 0.240 e. The fourth-order valence-corrected chi connectivity index (χ4v) is 6.06. The van der Waals surface area contributed by atoms with E-state index in [0.717, 1.165) is 39.4 Å². The van der Waals surface area contributed by atoms with Gasteiger partial charge in [0.1, 0.15) is 18.1 Å². The van der Waals surface area contributed by atoms with Crippen LogP contribution >= 0.6 is 11.8 Å². The number of anilines is 1. The Hall–Kier alpha value is -4.04. The standard InChI is InChI=1S/C32H34N4O3S/c1-21(2)18-33-27(37)19-35-28(38)20-40-31(25-12-8-9-13-26(25)39-4)29-30(23-10-6-5-7-11-23)34-36(32(29)35)24-16-14-22(3)15-17-24/h5-17,21,31H,18-20H2,1-4H3,(H,33,37). The molecule has 0 radical (unpaired) electrons. The third-order valence-electron chi connectivity index (χ3n) is 6.85. The number of hydrogen-bond donors (Lipinski definition) is 1. The molecule has 1 unspecified atom stereocenters. The zero-order valence-corrected chi connectivity index (χ0v) is 24.1. The summed E-state index contributed by atoms with van der Waals surface area (Å²) in [6.07, 6.45) is 0. The smallest absolute Gasteiger partial charge is 0.240 e. The Morgan fingerprint density at radius 3 is 2.45 bits per heavy atom. The van der Waals surface area contributed by atoms with Gasteiger partial charge in [0, 0.05) is 23.2 Å². The van der Waals surface area contributed by atoms with E-state index < -0.39 is 0 Å². The molecule has 1 aliphatic heterocycles. The second kappa shape index (κ2) is 12.0. The number of hydrogen-bond acceptors (Lipinski definition) is 5. The lowest BCUT2D eigenvalue weighted by molar-refractivity contribution is -0.123. The average Bonchev–Trinajstić information content (AvgIpc) is 3.29. The monoisotopic (exact) mass is 554 g/mol. The lowest BCUT2D eigenvalue weighted by Gasteiger charge is -2.24. The number of rotatable bonds is 8. The van der Waals surface area contributed by atoms with Crippen molar-refractivity contribution in [3.8, 4) is 22.7 Å². The van der Waals surface area contributed by atoms with Crippen molar-refractivity contribution in [2.24, 2.45) is 5.92 Å². The Bertz CT molecular complexity index is 1500. The molecule has 0 aliphatic carbocycles. The molecule has 2 heterocycles. The molecule has 2 amide bonds. The number of carbonyl (C=O) groups excluding carboxylic acids is 2. The van der Waals surface area contributed by atoms with Crippen molar-refractivity contribution < 1.29 is 14.3 Å². The summed E-state index contributed by atoms with van der Waals surface area (Å²) in [4.78, 5) is 28.6. The number of ether oxygens (including phenoxy) is 1. The molecular weight excluding hydrogens is 520 g/mol. The van der Waals surface area contributed by atoms with Crippen LogP contribution in [0.1, 0.15) is 35.8 Å². The predicted molar refractivity (Wildman–Crippen MR) is 161 cm³/mol. The number of carbonyl (C=O) groups is 2. The molecule has 7 nitrogen and oxygen atoms in total. The van der Waals surface area contributed by atoms with Crippen molar-refractivity contribution >= 4 is 29.4 Å². The number of nitrogens with one attached hydrogen (secondary N) is 1. The van der Waals surface area contributed by atoms with Gasteiger partial charge in [-0.1, -0.05) is 80.1 Å². The minimum atomic E-state index is -0.256. The number of aryl methyl sites for hydroxylation is 1. The zero-order valence-electron chi connectivity index (χ0n) is 23.3. The van der Waals surface area contributed by atoms with Gasteiger partial charge in [0.15, 0.2) is 0 Å². The van der Waals surface area contributed by atoms with Crippen molar-refractivity contribution in [2.75, 3.05) is 30.9 Å². The van der Waals surface area contributed by atoms with E-state index >= 15 is 0 Å². The molecule has 0 spiro atoms. The molecule has 0 bridgehead atoms. The second-order valence-corrected chi connectivity index (χ2v) is 11.4. The van der Waals surface area contributed by atoms with Crippen LogP contribution in [0.3, 0.4) is 0 Å². The Labute approximate surface area is 239 Å². The zero-order chi connectivity index (χ0) is 28.2. The van der Waals surface area contributed by atoms with Crippen LogP contribution in [0.5, 0.6) is 5.75 Å². The summed E-state index contributed by atoms with van der Waals surface area (Å²) in [6, 6.07) is 25.9. The normalized spacial score (nSPS) is 15.1. The van der Waals surface area contributed by atoms with Crippen LogP contribution < -0.4 is 15.0 Å². The number of benzene rings is 3. The van der Waals surface area contributed by atoms with E-state index in [9.17, 15) is 9.59 Å². The van der Waals surface area contributed by atoms with Crippen LogP contribution in [0.2, 0.25) is 0 Å². The number of fused-ring (bicyclic) bond motifs is 1. The van der Waals surface area contributed by atoms with E-state index in [-0.39, 0.29) is 29.4 Å². The van der Waals surface area contributed by atoms with Gasteiger partial charge in [0.2, 0.25) is 11.8 Å². The molecule has 40 heavy (non-hydrogen) atoms. The van der Waals surface area contributed by atoms with Crippen LogP contribution in [-0.2, 0) is 9.59 Å². The molecule has 8 heteroatoms. The van der Waals surface area contributed by atoms with Crippen molar-refractivity contribution in [3.05, 3.63) is 95.6 Å². The first-order chi connectivity index (χ1) is 19.4. The first-order valence-corrected chi connectivity index (χ1v) is 14.5. The minimum Gasteiger partial charge on any atom is -0.496 e. The maximum absolute atomic E-state index is 13.8. The number of para-hydroxylation sites is 1. The highest BCUT2D eigenvalue weighted by atomic mass is 32.2. The van der Waals surface area contributed by atoms with E-state index in [1.807, 2.05) is 104 Å². The van der Waals surface area contributed by atoms with Crippen molar-refractivity contribution in [1.29, 1.82) is 0 Å². The van der Waals surface area contributed by atoms with E-state index in [1.165, 1.54) is 11.8 Å². The summed E-state index contributed by atoms with van der Waals surface area (Å²) in [5, 5.41) is 7.86. The fraction of sp³-hybridized carbons (Fsp3) is 0.281. The van der Waals surface area contributed by atoms with Crippen LogP contribution in [0, 0.1) is 12.8 Å². The van der Waals surface area contributed by atoms with E-state index in [4.69, 9.17) is 9.84 Å². The summed E-state index contributed by atoms with van der Waals surface area (Å²) < 4.78 is 7.59. The first-order valence-electron chi connectivity index (χ1n) is 13.4. The molecule has 4 aromatic rings. The molecule has 1 aromatic heterocycles.